The predicted molar refractivity (Wildman–Crippen MR) is 114 cm³/mol. The first-order valence-corrected chi connectivity index (χ1v) is 10.1. The van der Waals surface area contributed by atoms with Crippen LogP contribution in [0.1, 0.15) is 50.1 Å². The van der Waals surface area contributed by atoms with E-state index in [2.05, 4.69) is 43.0 Å². The van der Waals surface area contributed by atoms with Gasteiger partial charge in [0.05, 0.1) is 5.92 Å². The number of carbonyl (C=O) groups is 1. The number of carbonyl (C=O) groups excluding carboxylic acids is 1. The van der Waals surface area contributed by atoms with Crippen LogP contribution < -0.4 is 4.90 Å². The van der Waals surface area contributed by atoms with Gasteiger partial charge in [0.25, 0.3) is 0 Å². The van der Waals surface area contributed by atoms with Gasteiger partial charge in [-0.25, -0.2) is 0 Å². The molecule has 3 aromatic rings. The van der Waals surface area contributed by atoms with Gasteiger partial charge in [0.15, 0.2) is 0 Å². The molecule has 1 aliphatic rings. The van der Waals surface area contributed by atoms with Crippen molar-refractivity contribution in [3.8, 4) is 11.4 Å². The van der Waals surface area contributed by atoms with E-state index < -0.39 is 0 Å². The van der Waals surface area contributed by atoms with Gasteiger partial charge in [0, 0.05) is 29.2 Å². The van der Waals surface area contributed by atoms with Crippen molar-refractivity contribution in [2.24, 2.45) is 0 Å². The summed E-state index contributed by atoms with van der Waals surface area (Å²) in [4.78, 5) is 19.0. The van der Waals surface area contributed by atoms with Crippen LogP contribution in [0.25, 0.3) is 11.4 Å². The number of aromatic nitrogens is 2. The number of rotatable bonds is 3. The van der Waals surface area contributed by atoms with Crippen LogP contribution >= 0.6 is 11.6 Å². The fourth-order valence-corrected chi connectivity index (χ4v) is 3.80. The minimum atomic E-state index is -0.129. The van der Waals surface area contributed by atoms with Gasteiger partial charge in [0.1, 0.15) is 0 Å². The lowest BCUT2D eigenvalue weighted by molar-refractivity contribution is -0.117. The lowest BCUT2D eigenvalue weighted by atomic mass is 9.87. The maximum atomic E-state index is 12.6. The topological polar surface area (TPSA) is 59.2 Å². The zero-order chi connectivity index (χ0) is 20.8. The molecule has 0 N–H and O–H groups in total. The highest BCUT2D eigenvalue weighted by atomic mass is 35.5. The third-order valence-corrected chi connectivity index (χ3v) is 5.86. The summed E-state index contributed by atoms with van der Waals surface area (Å²) in [6, 6.07) is 13.8. The van der Waals surface area contributed by atoms with E-state index in [9.17, 15) is 4.79 Å². The summed E-state index contributed by atoms with van der Waals surface area (Å²) in [7, 11) is 0. The molecule has 150 valence electrons. The van der Waals surface area contributed by atoms with Gasteiger partial charge in [-0.15, -0.1) is 0 Å². The van der Waals surface area contributed by atoms with Gasteiger partial charge in [-0.05, 0) is 35.6 Å². The number of halogens is 1. The molecule has 1 fully saturated rings. The predicted octanol–water partition coefficient (Wildman–Crippen LogP) is 5.52. The van der Waals surface area contributed by atoms with Crippen LogP contribution in [0.5, 0.6) is 0 Å². The smallest absolute Gasteiger partial charge is 0.232 e. The lowest BCUT2D eigenvalue weighted by Gasteiger charge is -2.19. The first-order chi connectivity index (χ1) is 13.7. The average molecular weight is 410 g/mol. The first-order valence-electron chi connectivity index (χ1n) is 9.74. The fourth-order valence-electron chi connectivity index (χ4n) is 3.63. The third-order valence-electron chi connectivity index (χ3n) is 5.46. The molecule has 0 saturated carbocycles. The highest BCUT2D eigenvalue weighted by molar-refractivity contribution is 6.31. The van der Waals surface area contributed by atoms with Crippen LogP contribution in [0.15, 0.2) is 47.0 Å². The Bertz CT molecular complexity index is 1050. The van der Waals surface area contributed by atoms with E-state index in [-0.39, 0.29) is 17.2 Å². The van der Waals surface area contributed by atoms with Gasteiger partial charge in [-0.2, -0.15) is 4.98 Å². The summed E-state index contributed by atoms with van der Waals surface area (Å²) in [6.45, 7) is 8.96. The summed E-state index contributed by atoms with van der Waals surface area (Å²) < 4.78 is 5.52. The number of amides is 1. The van der Waals surface area contributed by atoms with E-state index in [1.165, 1.54) is 5.56 Å². The number of hydrogen-bond acceptors (Lipinski definition) is 4. The molecule has 2 aromatic carbocycles. The van der Waals surface area contributed by atoms with Crippen LogP contribution in [-0.4, -0.2) is 22.6 Å². The summed E-state index contributed by atoms with van der Waals surface area (Å²) in [6.07, 6.45) is 0.344. The van der Waals surface area contributed by atoms with Gasteiger partial charge in [0.2, 0.25) is 17.6 Å². The Labute approximate surface area is 175 Å². The third kappa shape index (κ3) is 3.79. The van der Waals surface area contributed by atoms with Crippen LogP contribution in [0.2, 0.25) is 5.02 Å². The van der Waals surface area contributed by atoms with Crippen molar-refractivity contribution in [2.45, 2.75) is 45.4 Å². The Balaban J connectivity index is 1.54. The molecule has 1 amide bonds. The molecule has 0 aliphatic carbocycles. The van der Waals surface area contributed by atoms with Crippen molar-refractivity contribution < 1.29 is 9.32 Å². The number of benzene rings is 2. The molecule has 6 heteroatoms. The largest absolute Gasteiger partial charge is 0.339 e. The number of nitrogens with zero attached hydrogens (tertiary/aromatic N) is 3. The molecule has 0 spiro atoms. The molecule has 4 rings (SSSR count). The number of hydrogen-bond donors (Lipinski definition) is 0. The summed E-state index contributed by atoms with van der Waals surface area (Å²) in [5.41, 5.74) is 3.97. The van der Waals surface area contributed by atoms with Crippen molar-refractivity contribution in [3.05, 3.63) is 64.5 Å². The van der Waals surface area contributed by atoms with Gasteiger partial charge in [-0.1, -0.05) is 67.9 Å². The minimum Gasteiger partial charge on any atom is -0.339 e. The molecule has 1 aromatic heterocycles. The molecule has 1 atom stereocenters. The summed E-state index contributed by atoms with van der Waals surface area (Å²) >= 11 is 6.22. The van der Waals surface area contributed by atoms with E-state index in [1.54, 1.807) is 4.90 Å². The van der Waals surface area contributed by atoms with Crippen molar-refractivity contribution in [2.75, 3.05) is 11.4 Å². The standard InChI is InChI=1S/C23H24ClN3O2/c1-14-18(24)6-5-7-19(14)27-13-16(12-20(27)28)22-25-21(26-29-22)15-8-10-17(11-9-15)23(2,3)4/h5-11,16H,12-13H2,1-4H3. The van der Waals surface area contributed by atoms with E-state index >= 15 is 0 Å². The molecule has 1 aliphatic heterocycles. The number of anilines is 1. The molecular formula is C23H24ClN3O2. The molecule has 1 unspecified atom stereocenters. The van der Waals surface area contributed by atoms with Gasteiger partial charge in [-0.3, -0.25) is 4.79 Å². The molecule has 2 heterocycles. The van der Waals surface area contributed by atoms with Gasteiger partial charge >= 0.3 is 0 Å². The highest BCUT2D eigenvalue weighted by Crippen LogP contribution is 2.35. The van der Waals surface area contributed by atoms with Crippen molar-refractivity contribution in [3.63, 3.8) is 0 Å². The maximum absolute atomic E-state index is 12.6. The summed E-state index contributed by atoms with van der Waals surface area (Å²) in [5, 5.41) is 4.79. The molecular weight excluding hydrogens is 386 g/mol. The Kier molecular flexibility index (Phi) is 4.95. The minimum absolute atomic E-state index is 0.0367. The molecule has 29 heavy (non-hydrogen) atoms. The SMILES string of the molecule is Cc1c(Cl)cccc1N1CC(c2nc(-c3ccc(C(C)(C)C)cc3)no2)CC1=O. The van der Waals surface area contributed by atoms with Crippen LogP contribution in [0.3, 0.4) is 0 Å². The van der Waals surface area contributed by atoms with Crippen LogP contribution in [-0.2, 0) is 10.2 Å². The normalized spacial score (nSPS) is 17.2. The average Bonchev–Trinajstić information content (AvgIpc) is 3.30. The van der Waals surface area contributed by atoms with Crippen molar-refractivity contribution >= 4 is 23.2 Å². The fraction of sp³-hybridized carbons (Fsp3) is 0.348. The first kappa shape index (κ1) is 19.6. The van der Waals surface area contributed by atoms with Crippen LogP contribution in [0.4, 0.5) is 5.69 Å². The van der Waals surface area contributed by atoms with E-state index in [4.69, 9.17) is 16.1 Å². The van der Waals surface area contributed by atoms with Crippen molar-refractivity contribution in [1.29, 1.82) is 0 Å². The summed E-state index contributed by atoms with van der Waals surface area (Å²) in [5.74, 6) is 0.950. The second kappa shape index (κ2) is 7.30. The van der Waals surface area contributed by atoms with Crippen LogP contribution in [0, 0.1) is 6.92 Å². The Morgan fingerprint density at radius 2 is 1.86 bits per heavy atom. The molecule has 5 nitrogen and oxygen atoms in total. The second-order valence-corrected chi connectivity index (χ2v) is 8.98. The Morgan fingerprint density at radius 3 is 2.55 bits per heavy atom. The highest BCUT2D eigenvalue weighted by Gasteiger charge is 2.36. The molecule has 0 radical (unpaired) electrons. The van der Waals surface area contributed by atoms with E-state index in [0.29, 0.717) is 29.7 Å². The molecule has 0 bridgehead atoms. The van der Waals surface area contributed by atoms with Crippen molar-refractivity contribution in [1.82, 2.24) is 10.1 Å². The second-order valence-electron chi connectivity index (χ2n) is 8.57. The van der Waals surface area contributed by atoms with Gasteiger partial charge < -0.3 is 9.42 Å². The molecule has 1 saturated heterocycles. The van der Waals surface area contributed by atoms with E-state index in [1.807, 2.05) is 37.3 Å². The monoisotopic (exact) mass is 409 g/mol. The maximum Gasteiger partial charge on any atom is 0.232 e. The quantitative estimate of drug-likeness (QED) is 0.571. The zero-order valence-corrected chi connectivity index (χ0v) is 17.8. The lowest BCUT2D eigenvalue weighted by Crippen LogP contribution is -2.25. The van der Waals surface area contributed by atoms with E-state index in [0.717, 1.165) is 16.8 Å². The Hall–Kier alpha value is -2.66. The zero-order valence-electron chi connectivity index (χ0n) is 17.1. The Morgan fingerprint density at radius 1 is 1.14 bits per heavy atom.